The maximum atomic E-state index is 12.2. The Labute approximate surface area is 123 Å². The number of alkyl halides is 3. The zero-order valence-electron chi connectivity index (χ0n) is 10.8. The highest BCUT2D eigenvalue weighted by atomic mass is 35.5. The first kappa shape index (κ1) is 15.5. The average Bonchev–Trinajstić information content (AvgIpc) is 2.39. The van der Waals surface area contributed by atoms with Gasteiger partial charge in [-0.2, -0.15) is 0 Å². The minimum atomic E-state index is -4.74. The summed E-state index contributed by atoms with van der Waals surface area (Å²) < 4.78 is 45.6. The van der Waals surface area contributed by atoms with E-state index in [1.807, 2.05) is 0 Å². The third-order valence-electron chi connectivity index (χ3n) is 2.51. The van der Waals surface area contributed by atoms with Crippen LogP contribution in [-0.2, 0) is 11.3 Å². The highest BCUT2D eigenvalue weighted by Gasteiger charge is 2.31. The normalized spacial score (nSPS) is 11.5. The standard InChI is InChI=1S/C13H10ClF3N2O2/c1-20-7-8-4-9(21-13(15,16)17)2-3-10(8)11-5-19-12(14)6-18-11/h2-6H,7H2,1H3. The number of methoxy groups -OCH3 is 1. The summed E-state index contributed by atoms with van der Waals surface area (Å²) in [6.07, 6.45) is -1.96. The Morgan fingerprint density at radius 3 is 2.52 bits per heavy atom. The average molecular weight is 319 g/mol. The second-order valence-corrected chi connectivity index (χ2v) is 4.41. The van der Waals surface area contributed by atoms with Gasteiger partial charge in [-0.15, -0.1) is 13.2 Å². The summed E-state index contributed by atoms with van der Waals surface area (Å²) in [5.41, 5.74) is 1.57. The van der Waals surface area contributed by atoms with Crippen molar-refractivity contribution in [2.24, 2.45) is 0 Å². The second-order valence-electron chi connectivity index (χ2n) is 4.02. The molecule has 0 saturated carbocycles. The molecule has 0 N–H and O–H groups in total. The lowest BCUT2D eigenvalue weighted by Crippen LogP contribution is -2.17. The SMILES string of the molecule is COCc1cc(OC(F)(F)F)ccc1-c1cnc(Cl)cn1. The minimum Gasteiger partial charge on any atom is -0.406 e. The lowest BCUT2D eigenvalue weighted by Gasteiger charge is -2.13. The molecule has 0 amide bonds. The van der Waals surface area contributed by atoms with Crippen molar-refractivity contribution in [2.75, 3.05) is 7.11 Å². The van der Waals surface area contributed by atoms with Crippen molar-refractivity contribution in [3.63, 3.8) is 0 Å². The molecule has 0 radical (unpaired) electrons. The van der Waals surface area contributed by atoms with E-state index in [2.05, 4.69) is 14.7 Å². The lowest BCUT2D eigenvalue weighted by atomic mass is 10.0. The summed E-state index contributed by atoms with van der Waals surface area (Å²) in [5, 5.41) is 0.226. The molecule has 0 bridgehead atoms. The van der Waals surface area contributed by atoms with E-state index in [1.165, 1.54) is 37.7 Å². The van der Waals surface area contributed by atoms with Crippen LogP contribution >= 0.6 is 11.6 Å². The first-order chi connectivity index (χ1) is 9.89. The number of hydrogen-bond donors (Lipinski definition) is 0. The van der Waals surface area contributed by atoms with E-state index in [9.17, 15) is 13.2 Å². The van der Waals surface area contributed by atoms with Crippen molar-refractivity contribution in [2.45, 2.75) is 13.0 Å². The number of nitrogens with zero attached hydrogens (tertiary/aromatic N) is 2. The Bertz CT molecular complexity index is 618. The molecule has 0 aliphatic carbocycles. The van der Waals surface area contributed by atoms with Crippen molar-refractivity contribution in [1.82, 2.24) is 9.97 Å². The molecule has 0 aliphatic heterocycles. The molecule has 8 heteroatoms. The summed E-state index contributed by atoms with van der Waals surface area (Å²) in [6, 6.07) is 3.92. The molecule has 0 unspecified atom stereocenters. The molecule has 1 aromatic heterocycles. The van der Waals surface area contributed by atoms with E-state index >= 15 is 0 Å². The third kappa shape index (κ3) is 4.30. The van der Waals surface area contributed by atoms with Crippen molar-refractivity contribution in [1.29, 1.82) is 0 Å². The molecule has 0 spiro atoms. The van der Waals surface area contributed by atoms with Crippen LogP contribution in [0.25, 0.3) is 11.3 Å². The zero-order chi connectivity index (χ0) is 15.5. The number of hydrogen-bond acceptors (Lipinski definition) is 4. The number of aromatic nitrogens is 2. The van der Waals surface area contributed by atoms with Gasteiger partial charge in [0.1, 0.15) is 10.9 Å². The van der Waals surface area contributed by atoms with Gasteiger partial charge in [0, 0.05) is 12.7 Å². The van der Waals surface area contributed by atoms with Crippen LogP contribution in [-0.4, -0.2) is 23.4 Å². The maximum Gasteiger partial charge on any atom is 0.573 e. The summed E-state index contributed by atoms with van der Waals surface area (Å²) >= 11 is 5.65. The van der Waals surface area contributed by atoms with E-state index < -0.39 is 6.36 Å². The summed E-state index contributed by atoms with van der Waals surface area (Å²) in [5.74, 6) is -0.319. The van der Waals surface area contributed by atoms with Crippen molar-refractivity contribution < 1.29 is 22.6 Å². The second kappa shape index (κ2) is 6.28. The molecule has 112 valence electrons. The Balaban J connectivity index is 2.39. The molecule has 1 heterocycles. The Kier molecular flexibility index (Phi) is 4.64. The monoisotopic (exact) mass is 318 g/mol. The Morgan fingerprint density at radius 1 is 1.19 bits per heavy atom. The van der Waals surface area contributed by atoms with E-state index in [0.29, 0.717) is 16.8 Å². The van der Waals surface area contributed by atoms with Crippen LogP contribution in [0.4, 0.5) is 13.2 Å². The highest BCUT2D eigenvalue weighted by molar-refractivity contribution is 6.29. The largest absolute Gasteiger partial charge is 0.573 e. The molecular weight excluding hydrogens is 309 g/mol. The molecule has 0 saturated heterocycles. The Hall–Kier alpha value is -1.86. The maximum absolute atomic E-state index is 12.2. The van der Waals surface area contributed by atoms with E-state index in [-0.39, 0.29) is 17.5 Å². The van der Waals surface area contributed by atoms with Crippen LogP contribution in [0.3, 0.4) is 0 Å². The van der Waals surface area contributed by atoms with Gasteiger partial charge in [-0.1, -0.05) is 11.6 Å². The summed E-state index contributed by atoms with van der Waals surface area (Å²) in [4.78, 5) is 7.97. The van der Waals surface area contributed by atoms with Crippen molar-refractivity contribution >= 4 is 11.6 Å². The van der Waals surface area contributed by atoms with Gasteiger partial charge in [0.15, 0.2) is 0 Å². The van der Waals surface area contributed by atoms with Gasteiger partial charge in [-0.25, -0.2) is 4.98 Å². The van der Waals surface area contributed by atoms with E-state index in [4.69, 9.17) is 16.3 Å². The first-order valence-corrected chi connectivity index (χ1v) is 6.12. The summed E-state index contributed by atoms with van der Waals surface area (Å²) in [6.45, 7) is 0.106. The van der Waals surface area contributed by atoms with Crippen LogP contribution in [0.1, 0.15) is 5.56 Å². The number of rotatable bonds is 4. The molecule has 4 nitrogen and oxygen atoms in total. The fourth-order valence-electron chi connectivity index (χ4n) is 1.74. The number of benzene rings is 1. The predicted molar refractivity (Wildman–Crippen MR) is 69.9 cm³/mol. The Morgan fingerprint density at radius 2 is 1.95 bits per heavy atom. The van der Waals surface area contributed by atoms with Gasteiger partial charge >= 0.3 is 6.36 Å². The first-order valence-electron chi connectivity index (χ1n) is 5.74. The fraction of sp³-hybridized carbons (Fsp3) is 0.231. The molecule has 0 fully saturated rings. The molecule has 2 aromatic rings. The lowest BCUT2D eigenvalue weighted by molar-refractivity contribution is -0.274. The molecule has 21 heavy (non-hydrogen) atoms. The van der Waals surface area contributed by atoms with Crippen LogP contribution in [0.5, 0.6) is 5.75 Å². The van der Waals surface area contributed by atoms with Gasteiger partial charge in [0.25, 0.3) is 0 Å². The fourth-order valence-corrected chi connectivity index (χ4v) is 1.84. The number of ether oxygens (including phenoxy) is 2. The van der Waals surface area contributed by atoms with Gasteiger partial charge in [0.2, 0.25) is 0 Å². The number of halogens is 4. The van der Waals surface area contributed by atoms with Crippen LogP contribution < -0.4 is 4.74 Å². The molecular formula is C13H10ClF3N2O2. The van der Waals surface area contributed by atoms with Crippen LogP contribution in [0.15, 0.2) is 30.6 Å². The van der Waals surface area contributed by atoms with Gasteiger partial charge < -0.3 is 9.47 Å². The van der Waals surface area contributed by atoms with Gasteiger partial charge in [-0.05, 0) is 23.8 Å². The van der Waals surface area contributed by atoms with Gasteiger partial charge in [0.05, 0.1) is 24.7 Å². The quantitative estimate of drug-likeness (QED) is 0.859. The van der Waals surface area contributed by atoms with Crippen LogP contribution in [0, 0.1) is 0 Å². The minimum absolute atomic E-state index is 0.106. The van der Waals surface area contributed by atoms with E-state index in [1.54, 1.807) is 0 Å². The molecule has 1 aromatic carbocycles. The predicted octanol–water partition coefficient (Wildman–Crippen LogP) is 3.84. The molecule has 0 atom stereocenters. The summed E-state index contributed by atoms with van der Waals surface area (Å²) in [7, 11) is 1.44. The van der Waals surface area contributed by atoms with Crippen LogP contribution in [0.2, 0.25) is 5.15 Å². The van der Waals surface area contributed by atoms with Gasteiger partial charge in [-0.3, -0.25) is 4.98 Å². The smallest absolute Gasteiger partial charge is 0.406 e. The topological polar surface area (TPSA) is 44.2 Å². The molecule has 2 rings (SSSR count). The molecule has 0 aliphatic rings. The zero-order valence-corrected chi connectivity index (χ0v) is 11.6. The van der Waals surface area contributed by atoms with Crippen molar-refractivity contribution in [3.8, 4) is 17.0 Å². The van der Waals surface area contributed by atoms with Crippen molar-refractivity contribution in [3.05, 3.63) is 41.3 Å². The highest BCUT2D eigenvalue weighted by Crippen LogP contribution is 2.29. The third-order valence-corrected chi connectivity index (χ3v) is 2.70. The van der Waals surface area contributed by atoms with E-state index in [0.717, 1.165) is 0 Å².